The lowest BCUT2D eigenvalue weighted by Crippen LogP contribution is -2.38. The number of hydrogen-bond acceptors (Lipinski definition) is 5. The van der Waals surface area contributed by atoms with Crippen LogP contribution in [0.2, 0.25) is 0 Å². The number of thioether (sulfide) groups is 2. The Balaban J connectivity index is 1.44. The molecule has 2 aliphatic rings. The van der Waals surface area contributed by atoms with Crippen molar-refractivity contribution in [2.24, 2.45) is 0 Å². The summed E-state index contributed by atoms with van der Waals surface area (Å²) < 4.78 is 5.60. The summed E-state index contributed by atoms with van der Waals surface area (Å²) in [4.78, 5) is 23.9. The molecule has 0 unspecified atom stereocenters. The third-order valence-electron chi connectivity index (χ3n) is 4.34. The van der Waals surface area contributed by atoms with Crippen molar-refractivity contribution in [1.29, 1.82) is 0 Å². The van der Waals surface area contributed by atoms with Crippen LogP contribution in [-0.4, -0.2) is 36.0 Å². The smallest absolute Gasteiger partial charge is 0.338 e. The number of ether oxygens (including phenoxy) is 1. The Hall–Kier alpha value is -1.14. The highest BCUT2D eigenvalue weighted by atomic mass is 32.2. The van der Waals surface area contributed by atoms with Crippen molar-refractivity contribution in [3.05, 3.63) is 35.4 Å². The van der Waals surface area contributed by atoms with E-state index in [9.17, 15) is 9.59 Å². The SMILES string of the molecule is O=C(COC(=O)c1ccc(C2SCCS2)cc1)NC1CCCCC1. The van der Waals surface area contributed by atoms with E-state index in [0.717, 1.165) is 25.7 Å². The van der Waals surface area contributed by atoms with Gasteiger partial charge in [-0.3, -0.25) is 4.79 Å². The van der Waals surface area contributed by atoms with E-state index in [1.165, 1.54) is 23.5 Å². The molecule has 1 heterocycles. The Morgan fingerprint density at radius 2 is 1.71 bits per heavy atom. The first kappa shape index (κ1) is 17.7. The molecule has 0 spiro atoms. The van der Waals surface area contributed by atoms with Crippen LogP contribution in [-0.2, 0) is 9.53 Å². The maximum Gasteiger partial charge on any atom is 0.338 e. The summed E-state index contributed by atoms with van der Waals surface area (Å²) in [5.41, 5.74) is 1.73. The van der Waals surface area contributed by atoms with Gasteiger partial charge in [0.1, 0.15) is 0 Å². The van der Waals surface area contributed by atoms with E-state index in [2.05, 4.69) is 5.32 Å². The molecule has 0 bridgehead atoms. The third kappa shape index (κ3) is 4.93. The van der Waals surface area contributed by atoms with Gasteiger partial charge in [0.05, 0.1) is 10.1 Å². The number of hydrogen-bond donors (Lipinski definition) is 1. The number of benzene rings is 1. The number of nitrogens with one attached hydrogen (secondary N) is 1. The van der Waals surface area contributed by atoms with Crippen LogP contribution in [0.3, 0.4) is 0 Å². The second-order valence-electron chi connectivity index (χ2n) is 6.17. The number of carbonyl (C=O) groups is 2. The molecule has 1 aromatic carbocycles. The molecule has 1 saturated carbocycles. The van der Waals surface area contributed by atoms with E-state index in [4.69, 9.17) is 4.74 Å². The highest BCUT2D eigenvalue weighted by Gasteiger charge is 2.19. The number of carbonyl (C=O) groups excluding carboxylic acids is 2. The molecule has 3 rings (SSSR count). The highest BCUT2D eigenvalue weighted by molar-refractivity contribution is 8.19. The lowest BCUT2D eigenvalue weighted by Gasteiger charge is -2.22. The molecule has 1 aromatic rings. The summed E-state index contributed by atoms with van der Waals surface area (Å²) in [5, 5.41) is 2.95. The lowest BCUT2D eigenvalue weighted by atomic mass is 9.95. The van der Waals surface area contributed by atoms with Crippen molar-refractivity contribution < 1.29 is 14.3 Å². The van der Waals surface area contributed by atoms with Gasteiger partial charge >= 0.3 is 5.97 Å². The Morgan fingerprint density at radius 3 is 2.38 bits per heavy atom. The summed E-state index contributed by atoms with van der Waals surface area (Å²) in [6.07, 6.45) is 5.62. The molecule has 130 valence electrons. The van der Waals surface area contributed by atoms with E-state index in [1.54, 1.807) is 12.1 Å². The van der Waals surface area contributed by atoms with Gasteiger partial charge in [-0.1, -0.05) is 31.4 Å². The zero-order valence-electron chi connectivity index (χ0n) is 13.7. The van der Waals surface area contributed by atoms with E-state index >= 15 is 0 Å². The summed E-state index contributed by atoms with van der Waals surface area (Å²) in [5.74, 6) is 1.71. The van der Waals surface area contributed by atoms with Crippen LogP contribution in [0.4, 0.5) is 0 Å². The van der Waals surface area contributed by atoms with Crippen LogP contribution in [0, 0.1) is 0 Å². The van der Waals surface area contributed by atoms with Gasteiger partial charge in [-0.15, -0.1) is 23.5 Å². The normalized spacial score (nSPS) is 19.2. The Labute approximate surface area is 151 Å². The van der Waals surface area contributed by atoms with E-state index < -0.39 is 5.97 Å². The van der Waals surface area contributed by atoms with Crippen LogP contribution >= 0.6 is 23.5 Å². The molecule has 24 heavy (non-hydrogen) atoms. The van der Waals surface area contributed by atoms with Crippen molar-refractivity contribution in [3.8, 4) is 0 Å². The predicted octanol–water partition coefficient (Wildman–Crippen LogP) is 3.77. The molecule has 0 aromatic heterocycles. The van der Waals surface area contributed by atoms with Crippen LogP contribution in [0.25, 0.3) is 0 Å². The second kappa shape index (κ2) is 8.81. The number of esters is 1. The zero-order chi connectivity index (χ0) is 16.8. The third-order valence-corrected chi connectivity index (χ3v) is 7.45. The fraction of sp³-hybridized carbons (Fsp3) is 0.556. The lowest BCUT2D eigenvalue weighted by molar-refractivity contribution is -0.125. The molecule has 6 heteroatoms. The topological polar surface area (TPSA) is 55.4 Å². The van der Waals surface area contributed by atoms with Crippen molar-refractivity contribution >= 4 is 35.4 Å². The van der Waals surface area contributed by atoms with Crippen molar-refractivity contribution in [2.45, 2.75) is 42.7 Å². The van der Waals surface area contributed by atoms with Gasteiger partial charge in [0.2, 0.25) is 0 Å². The van der Waals surface area contributed by atoms with Gasteiger partial charge in [-0.2, -0.15) is 0 Å². The predicted molar refractivity (Wildman–Crippen MR) is 99.4 cm³/mol. The van der Waals surface area contributed by atoms with Gasteiger partial charge < -0.3 is 10.1 Å². The minimum Gasteiger partial charge on any atom is -0.452 e. The second-order valence-corrected chi connectivity index (χ2v) is 8.90. The van der Waals surface area contributed by atoms with Crippen molar-refractivity contribution in [1.82, 2.24) is 5.32 Å². The average molecular weight is 366 g/mol. The monoisotopic (exact) mass is 365 g/mol. The minimum atomic E-state index is -0.438. The molecular weight excluding hydrogens is 342 g/mol. The van der Waals surface area contributed by atoms with Crippen molar-refractivity contribution in [3.63, 3.8) is 0 Å². The summed E-state index contributed by atoms with van der Waals surface area (Å²) >= 11 is 3.87. The molecule has 1 aliphatic carbocycles. The molecule has 1 saturated heterocycles. The number of amides is 1. The number of rotatable bonds is 5. The molecule has 1 amide bonds. The molecular formula is C18H23NO3S2. The van der Waals surface area contributed by atoms with Crippen LogP contribution < -0.4 is 5.32 Å². The summed E-state index contributed by atoms with van der Waals surface area (Å²) in [6, 6.07) is 7.78. The Morgan fingerprint density at radius 1 is 1.04 bits per heavy atom. The molecule has 0 radical (unpaired) electrons. The zero-order valence-corrected chi connectivity index (χ0v) is 15.3. The van der Waals surface area contributed by atoms with Gasteiger partial charge in [0, 0.05) is 17.5 Å². The van der Waals surface area contributed by atoms with Crippen molar-refractivity contribution in [2.75, 3.05) is 18.1 Å². The van der Waals surface area contributed by atoms with E-state index in [1.807, 2.05) is 35.7 Å². The van der Waals surface area contributed by atoms with E-state index in [0.29, 0.717) is 10.1 Å². The summed E-state index contributed by atoms with van der Waals surface area (Å²) in [6.45, 7) is -0.203. The molecule has 4 nitrogen and oxygen atoms in total. The molecule has 0 atom stereocenters. The van der Waals surface area contributed by atoms with Gasteiger partial charge in [-0.05, 0) is 30.5 Å². The maximum absolute atomic E-state index is 12.1. The summed E-state index contributed by atoms with van der Waals surface area (Å²) in [7, 11) is 0. The van der Waals surface area contributed by atoms with Crippen LogP contribution in [0.1, 0.15) is 52.6 Å². The highest BCUT2D eigenvalue weighted by Crippen LogP contribution is 2.45. The van der Waals surface area contributed by atoms with Gasteiger partial charge in [-0.25, -0.2) is 4.79 Å². The van der Waals surface area contributed by atoms with Crippen LogP contribution in [0.5, 0.6) is 0 Å². The molecule has 1 N–H and O–H groups in total. The molecule has 2 fully saturated rings. The standard InChI is InChI=1S/C18H23NO3S2/c20-16(19-15-4-2-1-3-5-15)12-22-17(21)13-6-8-14(9-7-13)18-23-10-11-24-18/h6-9,15,18H,1-5,10-12H2,(H,19,20). The fourth-order valence-corrected chi connectivity index (χ4v) is 5.92. The Kier molecular flexibility index (Phi) is 6.49. The maximum atomic E-state index is 12.1. The first-order valence-electron chi connectivity index (χ1n) is 8.52. The fourth-order valence-electron chi connectivity index (χ4n) is 3.06. The first-order valence-corrected chi connectivity index (χ1v) is 10.6. The van der Waals surface area contributed by atoms with Crippen LogP contribution in [0.15, 0.2) is 24.3 Å². The quantitative estimate of drug-likeness (QED) is 0.805. The molecule has 1 aliphatic heterocycles. The first-order chi connectivity index (χ1) is 11.7. The van der Waals surface area contributed by atoms with Gasteiger partial charge in [0.15, 0.2) is 6.61 Å². The Bertz CT molecular complexity index is 564. The van der Waals surface area contributed by atoms with Gasteiger partial charge in [0.25, 0.3) is 5.91 Å². The largest absolute Gasteiger partial charge is 0.452 e. The average Bonchev–Trinajstić information content (AvgIpc) is 3.15. The minimum absolute atomic E-state index is 0.203. The van der Waals surface area contributed by atoms with E-state index in [-0.39, 0.29) is 18.6 Å².